The fourth-order valence-corrected chi connectivity index (χ4v) is 3.30. The molecule has 21 heavy (non-hydrogen) atoms. The highest BCUT2D eigenvalue weighted by Crippen LogP contribution is 2.27. The monoisotopic (exact) mass is 303 g/mol. The van der Waals surface area contributed by atoms with Gasteiger partial charge in [0.2, 0.25) is 0 Å². The quantitative estimate of drug-likeness (QED) is 0.878. The van der Waals surface area contributed by atoms with Crippen molar-refractivity contribution >= 4 is 11.6 Å². The summed E-state index contributed by atoms with van der Waals surface area (Å²) in [6.07, 6.45) is 4.39. The molecule has 0 spiro atoms. The van der Waals surface area contributed by atoms with Crippen LogP contribution in [0.4, 0.5) is 4.39 Å². The van der Waals surface area contributed by atoms with E-state index in [4.69, 9.17) is 11.6 Å². The fraction of sp³-hybridized carbons (Fsp3) is 0.333. The summed E-state index contributed by atoms with van der Waals surface area (Å²) in [4.78, 5) is 0. The zero-order chi connectivity index (χ0) is 14.8. The minimum absolute atomic E-state index is 0.0401. The summed E-state index contributed by atoms with van der Waals surface area (Å²) in [5, 5.41) is 3.65. The van der Waals surface area contributed by atoms with E-state index in [0.29, 0.717) is 10.6 Å². The Morgan fingerprint density at radius 3 is 2.71 bits per heavy atom. The third kappa shape index (κ3) is 3.12. The van der Waals surface area contributed by atoms with Gasteiger partial charge in [-0.25, -0.2) is 4.39 Å². The van der Waals surface area contributed by atoms with Gasteiger partial charge in [0.1, 0.15) is 5.82 Å². The van der Waals surface area contributed by atoms with Gasteiger partial charge in [-0.1, -0.05) is 35.9 Å². The molecule has 0 amide bonds. The van der Waals surface area contributed by atoms with E-state index in [9.17, 15) is 4.39 Å². The van der Waals surface area contributed by atoms with Gasteiger partial charge in [0.15, 0.2) is 0 Å². The number of rotatable bonds is 4. The maximum atomic E-state index is 14.1. The molecule has 110 valence electrons. The van der Waals surface area contributed by atoms with Crippen LogP contribution in [0, 0.1) is 5.82 Å². The molecule has 1 aliphatic rings. The lowest BCUT2D eigenvalue weighted by molar-refractivity contribution is 0.534. The highest BCUT2D eigenvalue weighted by molar-refractivity contribution is 6.30. The minimum atomic E-state index is -0.247. The van der Waals surface area contributed by atoms with E-state index >= 15 is 0 Å². The first-order chi connectivity index (χ1) is 10.2. The normalized spacial score (nSPS) is 15.0. The third-order valence-corrected chi connectivity index (χ3v) is 4.52. The third-order valence-electron chi connectivity index (χ3n) is 4.29. The molecule has 2 aromatic rings. The summed E-state index contributed by atoms with van der Waals surface area (Å²) < 4.78 is 14.1. The predicted molar refractivity (Wildman–Crippen MR) is 85.4 cm³/mol. The molecule has 0 fully saturated rings. The second kappa shape index (κ2) is 6.17. The summed E-state index contributed by atoms with van der Waals surface area (Å²) >= 11 is 5.83. The van der Waals surface area contributed by atoms with Crippen LogP contribution < -0.4 is 5.32 Å². The van der Waals surface area contributed by atoms with Crippen molar-refractivity contribution < 1.29 is 4.39 Å². The van der Waals surface area contributed by atoms with Crippen molar-refractivity contribution in [1.29, 1.82) is 0 Å². The molecular formula is C18H19ClFN. The molecule has 0 bridgehead atoms. The number of benzene rings is 2. The lowest BCUT2D eigenvalue weighted by atomic mass is 9.96. The molecule has 0 radical (unpaired) electrons. The van der Waals surface area contributed by atoms with Crippen molar-refractivity contribution in [2.24, 2.45) is 0 Å². The predicted octanol–water partition coefficient (Wildman–Crippen LogP) is 4.47. The molecule has 0 aliphatic heterocycles. The van der Waals surface area contributed by atoms with Gasteiger partial charge < -0.3 is 5.32 Å². The van der Waals surface area contributed by atoms with E-state index in [-0.39, 0.29) is 11.9 Å². The summed E-state index contributed by atoms with van der Waals surface area (Å²) in [5.41, 5.74) is 4.85. The Labute approximate surface area is 130 Å². The van der Waals surface area contributed by atoms with Crippen LogP contribution in [0.2, 0.25) is 5.02 Å². The molecule has 0 heterocycles. The van der Waals surface area contributed by atoms with Crippen molar-refractivity contribution in [3.05, 3.63) is 69.5 Å². The molecule has 1 nitrogen and oxygen atoms in total. The summed E-state index contributed by atoms with van der Waals surface area (Å²) in [6.45, 7) is 0. The molecule has 0 aromatic heterocycles. The van der Waals surface area contributed by atoms with E-state index in [1.165, 1.54) is 42.0 Å². The standard InChI is InChI=1S/C18H19ClFN/c1-21-18(16-8-7-15(19)11-17(16)20)10-12-5-6-13-3-2-4-14(13)9-12/h5-9,11,18,21H,2-4,10H2,1H3. The van der Waals surface area contributed by atoms with Gasteiger partial charge >= 0.3 is 0 Å². The Balaban J connectivity index is 1.84. The highest BCUT2D eigenvalue weighted by atomic mass is 35.5. The zero-order valence-corrected chi connectivity index (χ0v) is 12.9. The van der Waals surface area contributed by atoms with Crippen LogP contribution >= 0.6 is 11.6 Å². The second-order valence-electron chi connectivity index (χ2n) is 5.67. The minimum Gasteiger partial charge on any atom is -0.313 e. The maximum absolute atomic E-state index is 14.1. The van der Waals surface area contributed by atoms with E-state index in [2.05, 4.69) is 23.5 Å². The van der Waals surface area contributed by atoms with E-state index in [1.807, 2.05) is 7.05 Å². The van der Waals surface area contributed by atoms with Crippen LogP contribution in [0.5, 0.6) is 0 Å². The molecule has 1 aliphatic carbocycles. The number of likely N-dealkylation sites (N-methyl/N-ethyl adjacent to an activating group) is 1. The second-order valence-corrected chi connectivity index (χ2v) is 6.10. The van der Waals surface area contributed by atoms with Crippen molar-refractivity contribution in [3.8, 4) is 0 Å². The van der Waals surface area contributed by atoms with Crippen LogP contribution in [0.3, 0.4) is 0 Å². The average Bonchev–Trinajstić information content (AvgIpc) is 2.93. The molecule has 3 heteroatoms. The molecule has 1 atom stereocenters. The first-order valence-electron chi connectivity index (χ1n) is 7.40. The fourth-order valence-electron chi connectivity index (χ4n) is 3.14. The number of halogens is 2. The summed E-state index contributed by atoms with van der Waals surface area (Å²) in [5.74, 6) is -0.247. The van der Waals surface area contributed by atoms with E-state index in [1.54, 1.807) is 12.1 Å². The average molecular weight is 304 g/mol. The van der Waals surface area contributed by atoms with Crippen LogP contribution in [0.15, 0.2) is 36.4 Å². The number of hydrogen-bond donors (Lipinski definition) is 1. The summed E-state index contributed by atoms with van der Waals surface area (Å²) in [6, 6.07) is 11.5. The Kier molecular flexibility index (Phi) is 4.27. The Bertz CT molecular complexity index is 654. The SMILES string of the molecule is CNC(Cc1ccc2c(c1)CCC2)c1ccc(Cl)cc1F. The van der Waals surface area contributed by atoms with Gasteiger partial charge in [-0.15, -0.1) is 0 Å². The number of nitrogens with one attached hydrogen (secondary N) is 1. The molecule has 1 N–H and O–H groups in total. The Hall–Kier alpha value is -1.38. The van der Waals surface area contributed by atoms with Crippen LogP contribution in [0.1, 0.15) is 34.7 Å². The molecule has 3 rings (SSSR count). The van der Waals surface area contributed by atoms with Crippen molar-refractivity contribution in [2.75, 3.05) is 7.05 Å². The van der Waals surface area contributed by atoms with Crippen molar-refractivity contribution in [2.45, 2.75) is 31.7 Å². The molecule has 2 aromatic carbocycles. The Morgan fingerprint density at radius 1 is 1.14 bits per heavy atom. The number of fused-ring (bicyclic) bond motifs is 1. The zero-order valence-electron chi connectivity index (χ0n) is 12.1. The molecule has 0 saturated carbocycles. The molecule has 1 unspecified atom stereocenters. The lowest BCUT2D eigenvalue weighted by Gasteiger charge is -2.18. The van der Waals surface area contributed by atoms with Gasteiger partial charge in [-0.05, 0) is 61.6 Å². The maximum Gasteiger partial charge on any atom is 0.129 e. The van der Waals surface area contributed by atoms with Gasteiger partial charge in [-0.3, -0.25) is 0 Å². The topological polar surface area (TPSA) is 12.0 Å². The van der Waals surface area contributed by atoms with Crippen molar-refractivity contribution in [1.82, 2.24) is 5.32 Å². The van der Waals surface area contributed by atoms with Crippen molar-refractivity contribution in [3.63, 3.8) is 0 Å². The highest BCUT2D eigenvalue weighted by Gasteiger charge is 2.17. The largest absolute Gasteiger partial charge is 0.313 e. The first-order valence-corrected chi connectivity index (χ1v) is 7.78. The van der Waals surface area contributed by atoms with Crippen LogP contribution in [-0.2, 0) is 19.3 Å². The lowest BCUT2D eigenvalue weighted by Crippen LogP contribution is -2.20. The van der Waals surface area contributed by atoms with E-state index < -0.39 is 0 Å². The smallest absolute Gasteiger partial charge is 0.129 e. The van der Waals surface area contributed by atoms with Gasteiger partial charge in [0, 0.05) is 16.6 Å². The molecule has 0 saturated heterocycles. The number of aryl methyl sites for hydroxylation is 2. The van der Waals surface area contributed by atoms with E-state index in [0.717, 1.165) is 6.42 Å². The molecular weight excluding hydrogens is 285 g/mol. The first kappa shape index (κ1) is 14.6. The van der Waals surface area contributed by atoms with Crippen LogP contribution in [-0.4, -0.2) is 7.05 Å². The Morgan fingerprint density at radius 2 is 1.95 bits per heavy atom. The van der Waals surface area contributed by atoms with Gasteiger partial charge in [-0.2, -0.15) is 0 Å². The number of hydrogen-bond acceptors (Lipinski definition) is 1. The van der Waals surface area contributed by atoms with Gasteiger partial charge in [0.05, 0.1) is 0 Å². The van der Waals surface area contributed by atoms with Gasteiger partial charge in [0.25, 0.3) is 0 Å². The van der Waals surface area contributed by atoms with Crippen LogP contribution in [0.25, 0.3) is 0 Å². The summed E-state index contributed by atoms with van der Waals surface area (Å²) in [7, 11) is 1.87.